The summed E-state index contributed by atoms with van der Waals surface area (Å²) in [7, 11) is -0.484. The molecule has 0 bridgehead atoms. The number of methoxy groups -OCH3 is 2. The molecule has 1 aliphatic rings. The van der Waals surface area contributed by atoms with Crippen LogP contribution < -0.4 is 20.1 Å². The van der Waals surface area contributed by atoms with Crippen molar-refractivity contribution >= 4 is 33.4 Å². The second kappa shape index (κ2) is 10.6. The third kappa shape index (κ3) is 5.85. The Kier molecular flexibility index (Phi) is 7.32. The molecular formula is C25H28N4O4S. The molecule has 34 heavy (non-hydrogen) atoms. The number of nitrogens with zero attached hydrogens (tertiary/aromatic N) is 2. The zero-order valence-corrected chi connectivity index (χ0v) is 20.0. The fraction of sp³-hybridized carbons (Fsp3) is 0.280. The van der Waals surface area contributed by atoms with Gasteiger partial charge in [0.05, 0.1) is 19.1 Å². The van der Waals surface area contributed by atoms with E-state index >= 15 is 0 Å². The van der Waals surface area contributed by atoms with Crippen LogP contribution in [0.4, 0.5) is 17.5 Å². The van der Waals surface area contributed by atoms with E-state index in [0.717, 1.165) is 37.1 Å². The summed E-state index contributed by atoms with van der Waals surface area (Å²) in [6.45, 7) is 0. The van der Waals surface area contributed by atoms with Gasteiger partial charge in [0.25, 0.3) is 0 Å². The molecule has 0 atom stereocenters. The monoisotopic (exact) mass is 480 g/mol. The molecule has 1 heterocycles. The van der Waals surface area contributed by atoms with Crippen molar-refractivity contribution in [3.05, 3.63) is 65.7 Å². The highest BCUT2D eigenvalue weighted by Gasteiger charge is 2.18. The number of benzene rings is 2. The molecule has 3 aromatic rings. The Balaban J connectivity index is 1.59. The summed E-state index contributed by atoms with van der Waals surface area (Å²) in [5, 5.41) is 7.84. The van der Waals surface area contributed by atoms with Crippen molar-refractivity contribution in [2.45, 2.75) is 36.6 Å². The van der Waals surface area contributed by atoms with Crippen molar-refractivity contribution in [3.63, 3.8) is 0 Å². The molecule has 1 aliphatic carbocycles. The maximum atomic E-state index is 12.8. The Labute approximate surface area is 200 Å². The smallest absolute Gasteiger partial charge is 0.229 e. The van der Waals surface area contributed by atoms with Gasteiger partial charge in [-0.3, -0.25) is 0 Å². The number of nitrogens with one attached hydrogen (secondary N) is 2. The highest BCUT2D eigenvalue weighted by atomic mass is 32.2. The Morgan fingerprint density at radius 2 is 1.56 bits per heavy atom. The van der Waals surface area contributed by atoms with Crippen molar-refractivity contribution in [2.75, 3.05) is 24.9 Å². The van der Waals surface area contributed by atoms with Crippen LogP contribution in [0.1, 0.15) is 31.2 Å². The van der Waals surface area contributed by atoms with Crippen LogP contribution in [0.15, 0.2) is 65.0 Å². The van der Waals surface area contributed by atoms with Crippen LogP contribution in [0, 0.1) is 0 Å². The number of rotatable bonds is 9. The van der Waals surface area contributed by atoms with Crippen molar-refractivity contribution in [1.29, 1.82) is 0 Å². The van der Waals surface area contributed by atoms with Gasteiger partial charge in [0, 0.05) is 28.9 Å². The van der Waals surface area contributed by atoms with Crippen LogP contribution in [0.25, 0.3) is 6.08 Å². The van der Waals surface area contributed by atoms with Crippen LogP contribution in [0.3, 0.4) is 0 Å². The summed E-state index contributed by atoms with van der Waals surface area (Å²) in [5.41, 5.74) is 1.42. The zero-order valence-electron chi connectivity index (χ0n) is 19.2. The average Bonchev–Trinajstić information content (AvgIpc) is 3.37. The first-order chi connectivity index (χ1) is 16.5. The number of hydrogen-bond acceptors (Lipinski definition) is 8. The number of anilines is 3. The summed E-state index contributed by atoms with van der Waals surface area (Å²) in [5.74, 6) is 2.37. The summed E-state index contributed by atoms with van der Waals surface area (Å²) < 4.78 is 35.9. The molecule has 1 saturated carbocycles. The molecule has 0 amide bonds. The molecule has 2 aromatic carbocycles. The lowest BCUT2D eigenvalue weighted by Crippen LogP contribution is -2.17. The lowest BCUT2D eigenvalue weighted by atomic mass is 10.2. The molecule has 0 aliphatic heterocycles. The van der Waals surface area contributed by atoms with E-state index in [4.69, 9.17) is 9.47 Å². The normalized spacial score (nSPS) is 14.3. The van der Waals surface area contributed by atoms with E-state index in [0.29, 0.717) is 29.1 Å². The Bertz CT molecular complexity index is 1240. The highest BCUT2D eigenvalue weighted by molar-refractivity contribution is 7.94. The Morgan fingerprint density at radius 1 is 0.941 bits per heavy atom. The van der Waals surface area contributed by atoms with Gasteiger partial charge < -0.3 is 20.1 Å². The van der Waals surface area contributed by atoms with Gasteiger partial charge in [0.15, 0.2) is 9.84 Å². The second-order valence-corrected chi connectivity index (χ2v) is 9.83. The van der Waals surface area contributed by atoms with Gasteiger partial charge in [-0.15, -0.1) is 0 Å². The van der Waals surface area contributed by atoms with E-state index < -0.39 is 9.84 Å². The van der Waals surface area contributed by atoms with Gasteiger partial charge in [-0.2, -0.15) is 4.98 Å². The fourth-order valence-corrected chi connectivity index (χ4v) is 4.76. The van der Waals surface area contributed by atoms with E-state index in [2.05, 4.69) is 20.6 Å². The van der Waals surface area contributed by atoms with E-state index in [1.807, 2.05) is 24.3 Å². The SMILES string of the molecule is COc1ccc(Nc2ncc(/C=C/S(=O)(=O)c3ccc(OC)cc3)c(NC3CCCC3)n2)cc1. The van der Waals surface area contributed by atoms with Crippen molar-refractivity contribution < 1.29 is 17.9 Å². The molecule has 8 nitrogen and oxygen atoms in total. The van der Waals surface area contributed by atoms with Crippen LogP contribution >= 0.6 is 0 Å². The van der Waals surface area contributed by atoms with E-state index in [1.165, 1.54) is 30.7 Å². The van der Waals surface area contributed by atoms with Crippen LogP contribution in [-0.2, 0) is 9.84 Å². The molecular weight excluding hydrogens is 452 g/mol. The molecule has 2 N–H and O–H groups in total. The maximum Gasteiger partial charge on any atom is 0.229 e. The molecule has 0 radical (unpaired) electrons. The highest BCUT2D eigenvalue weighted by Crippen LogP contribution is 2.26. The quantitative estimate of drug-likeness (QED) is 0.439. The standard InChI is InChI=1S/C25H28N4O4S/c1-32-21-9-7-20(8-10-21)28-25-26-17-18(24(29-25)27-19-5-3-4-6-19)15-16-34(30,31)23-13-11-22(33-2)12-14-23/h7-17,19H,3-6H2,1-2H3,(H2,26,27,28,29)/b16-15+. The molecule has 0 saturated heterocycles. The minimum atomic E-state index is -3.64. The van der Waals surface area contributed by atoms with Gasteiger partial charge in [0.2, 0.25) is 5.95 Å². The number of aromatic nitrogens is 2. The van der Waals surface area contributed by atoms with E-state index in [9.17, 15) is 8.42 Å². The Morgan fingerprint density at radius 3 is 2.18 bits per heavy atom. The van der Waals surface area contributed by atoms with Crippen molar-refractivity contribution in [3.8, 4) is 11.5 Å². The number of hydrogen-bond donors (Lipinski definition) is 2. The molecule has 0 unspecified atom stereocenters. The maximum absolute atomic E-state index is 12.8. The second-order valence-electron chi connectivity index (χ2n) is 8.00. The molecule has 1 aromatic heterocycles. The summed E-state index contributed by atoms with van der Waals surface area (Å²) in [6, 6.07) is 14.0. The number of sulfone groups is 1. The largest absolute Gasteiger partial charge is 0.497 e. The predicted molar refractivity (Wildman–Crippen MR) is 133 cm³/mol. The van der Waals surface area contributed by atoms with Gasteiger partial charge in [-0.25, -0.2) is 13.4 Å². The third-order valence-corrected chi connectivity index (χ3v) is 7.10. The van der Waals surface area contributed by atoms with Gasteiger partial charge in [-0.1, -0.05) is 12.8 Å². The summed E-state index contributed by atoms with van der Waals surface area (Å²) in [6.07, 6.45) is 7.59. The van der Waals surface area contributed by atoms with Gasteiger partial charge in [0.1, 0.15) is 17.3 Å². The fourth-order valence-electron chi connectivity index (χ4n) is 3.76. The molecule has 4 rings (SSSR count). The van der Waals surface area contributed by atoms with E-state index in [-0.39, 0.29) is 4.90 Å². The van der Waals surface area contributed by atoms with E-state index in [1.54, 1.807) is 25.4 Å². The predicted octanol–water partition coefficient (Wildman–Crippen LogP) is 5.04. The minimum Gasteiger partial charge on any atom is -0.497 e. The van der Waals surface area contributed by atoms with Crippen LogP contribution in [0.5, 0.6) is 11.5 Å². The van der Waals surface area contributed by atoms with Crippen LogP contribution in [-0.4, -0.2) is 38.6 Å². The molecule has 9 heteroatoms. The lowest BCUT2D eigenvalue weighted by molar-refractivity contribution is 0.414. The third-order valence-electron chi connectivity index (χ3n) is 5.67. The average molecular weight is 481 g/mol. The summed E-state index contributed by atoms with van der Waals surface area (Å²) >= 11 is 0. The lowest BCUT2D eigenvalue weighted by Gasteiger charge is -2.16. The first kappa shape index (κ1) is 23.6. The Hall–Kier alpha value is -3.59. The first-order valence-electron chi connectivity index (χ1n) is 11.1. The molecule has 1 fully saturated rings. The van der Waals surface area contributed by atoms with Gasteiger partial charge in [-0.05, 0) is 67.4 Å². The topological polar surface area (TPSA) is 102 Å². The molecule has 0 spiro atoms. The number of ether oxygens (including phenoxy) is 2. The minimum absolute atomic E-state index is 0.188. The molecule has 178 valence electrons. The van der Waals surface area contributed by atoms with Crippen LogP contribution in [0.2, 0.25) is 0 Å². The summed E-state index contributed by atoms with van der Waals surface area (Å²) in [4.78, 5) is 9.22. The van der Waals surface area contributed by atoms with Crippen molar-refractivity contribution in [2.24, 2.45) is 0 Å². The van der Waals surface area contributed by atoms with Crippen molar-refractivity contribution in [1.82, 2.24) is 9.97 Å². The zero-order chi connectivity index (χ0) is 24.0. The first-order valence-corrected chi connectivity index (χ1v) is 12.6. The van der Waals surface area contributed by atoms with Gasteiger partial charge >= 0.3 is 0 Å².